The van der Waals surface area contributed by atoms with E-state index >= 15 is 0 Å². The van der Waals surface area contributed by atoms with Crippen LogP contribution in [0.15, 0.2) is 22.7 Å². The van der Waals surface area contributed by atoms with Crippen molar-refractivity contribution in [3.8, 4) is 0 Å². The number of rotatable bonds is 4. The van der Waals surface area contributed by atoms with E-state index < -0.39 is 10.9 Å². The molecule has 0 radical (unpaired) electrons. The van der Waals surface area contributed by atoms with Gasteiger partial charge in [0.25, 0.3) is 0 Å². The number of nitro groups is 1. The summed E-state index contributed by atoms with van der Waals surface area (Å²) in [6.45, 7) is 1.70. The van der Waals surface area contributed by atoms with E-state index in [0.717, 1.165) is 11.3 Å². The van der Waals surface area contributed by atoms with E-state index in [4.69, 9.17) is 9.26 Å². The second-order valence-corrected chi connectivity index (χ2v) is 4.46. The first kappa shape index (κ1) is 12.2. The van der Waals surface area contributed by atoms with Crippen molar-refractivity contribution in [1.29, 1.82) is 0 Å². The molecule has 0 N–H and O–H groups in total. The molecule has 0 atom stereocenters. The van der Waals surface area contributed by atoms with Crippen molar-refractivity contribution in [3.63, 3.8) is 0 Å². The number of carbonyl (C=O) groups excluding carboxylic acids is 1. The first-order valence-corrected chi connectivity index (χ1v) is 5.71. The molecule has 94 valence electrons. The molecular formula is C10H8N2O5S. The maximum Gasteiger partial charge on any atom is 0.348 e. The van der Waals surface area contributed by atoms with E-state index in [1.807, 2.05) is 0 Å². The Morgan fingerprint density at radius 1 is 1.61 bits per heavy atom. The standard InChI is InChI=1S/C10H8N2O5S/c1-6-4-7(11-17-6)5-16-10(13)8-2-3-9(18-8)12(14)15/h2-4H,5H2,1H3. The lowest BCUT2D eigenvalue weighted by molar-refractivity contribution is -0.380. The van der Waals surface area contributed by atoms with Gasteiger partial charge in [0.1, 0.15) is 22.9 Å². The summed E-state index contributed by atoms with van der Waals surface area (Å²) >= 11 is 0.772. The third-order valence-corrected chi connectivity index (χ3v) is 3.02. The van der Waals surface area contributed by atoms with Gasteiger partial charge in [0.2, 0.25) is 0 Å². The predicted molar refractivity (Wildman–Crippen MR) is 61.3 cm³/mol. The second kappa shape index (κ2) is 4.96. The van der Waals surface area contributed by atoms with Crippen molar-refractivity contribution in [2.75, 3.05) is 0 Å². The highest BCUT2D eigenvalue weighted by Gasteiger charge is 2.16. The Bertz CT molecular complexity index is 589. The van der Waals surface area contributed by atoms with Gasteiger partial charge >= 0.3 is 11.0 Å². The first-order chi connectivity index (χ1) is 8.56. The molecule has 0 aromatic carbocycles. The molecule has 0 aliphatic carbocycles. The summed E-state index contributed by atoms with van der Waals surface area (Å²) in [6.07, 6.45) is 0. The average Bonchev–Trinajstić information content (AvgIpc) is 2.94. The zero-order chi connectivity index (χ0) is 13.1. The van der Waals surface area contributed by atoms with Gasteiger partial charge in [-0.15, -0.1) is 0 Å². The lowest BCUT2D eigenvalue weighted by atomic mass is 10.4. The number of carbonyl (C=O) groups is 1. The van der Waals surface area contributed by atoms with Crippen LogP contribution in [0.25, 0.3) is 0 Å². The van der Waals surface area contributed by atoms with Gasteiger partial charge in [-0.25, -0.2) is 4.79 Å². The normalized spacial score (nSPS) is 10.3. The van der Waals surface area contributed by atoms with E-state index in [2.05, 4.69) is 5.16 Å². The molecule has 0 saturated carbocycles. The van der Waals surface area contributed by atoms with Gasteiger partial charge in [-0.2, -0.15) is 0 Å². The van der Waals surface area contributed by atoms with Crippen molar-refractivity contribution in [1.82, 2.24) is 5.16 Å². The molecule has 0 spiro atoms. The van der Waals surface area contributed by atoms with Crippen LogP contribution in [0.1, 0.15) is 21.1 Å². The number of hydrogen-bond donors (Lipinski definition) is 0. The molecule has 0 amide bonds. The zero-order valence-corrected chi connectivity index (χ0v) is 10.1. The van der Waals surface area contributed by atoms with Gasteiger partial charge in [-0.3, -0.25) is 10.1 Å². The molecule has 0 aliphatic heterocycles. The molecule has 7 nitrogen and oxygen atoms in total. The highest BCUT2D eigenvalue weighted by atomic mass is 32.1. The number of aryl methyl sites for hydroxylation is 1. The van der Waals surface area contributed by atoms with Gasteiger partial charge < -0.3 is 9.26 Å². The predicted octanol–water partition coefficient (Wildman–Crippen LogP) is 2.31. The molecule has 2 aromatic rings. The maximum atomic E-state index is 11.6. The van der Waals surface area contributed by atoms with Crippen molar-refractivity contribution in [2.45, 2.75) is 13.5 Å². The smallest absolute Gasteiger partial charge is 0.348 e. The van der Waals surface area contributed by atoms with Crippen LogP contribution in [0.4, 0.5) is 5.00 Å². The number of hydrogen-bond acceptors (Lipinski definition) is 7. The number of esters is 1. The highest BCUT2D eigenvalue weighted by Crippen LogP contribution is 2.24. The van der Waals surface area contributed by atoms with Crippen molar-refractivity contribution < 1.29 is 19.0 Å². The molecule has 2 heterocycles. The quantitative estimate of drug-likeness (QED) is 0.479. The molecular weight excluding hydrogens is 260 g/mol. The van der Waals surface area contributed by atoms with Gasteiger partial charge in [-0.1, -0.05) is 16.5 Å². The van der Waals surface area contributed by atoms with Gasteiger partial charge in [-0.05, 0) is 13.0 Å². The molecule has 0 bridgehead atoms. The Labute approximate surface area is 105 Å². The van der Waals surface area contributed by atoms with Crippen LogP contribution in [0, 0.1) is 17.0 Å². The fourth-order valence-corrected chi connectivity index (χ4v) is 1.95. The van der Waals surface area contributed by atoms with Crippen molar-refractivity contribution in [3.05, 3.63) is 44.6 Å². The zero-order valence-electron chi connectivity index (χ0n) is 9.28. The largest absolute Gasteiger partial charge is 0.455 e. The first-order valence-electron chi connectivity index (χ1n) is 4.90. The average molecular weight is 268 g/mol. The molecule has 0 saturated heterocycles. The van der Waals surface area contributed by atoms with Crippen molar-refractivity contribution in [2.24, 2.45) is 0 Å². The molecule has 2 rings (SSSR count). The van der Waals surface area contributed by atoms with Gasteiger partial charge in [0.15, 0.2) is 0 Å². The summed E-state index contributed by atoms with van der Waals surface area (Å²) in [7, 11) is 0. The summed E-state index contributed by atoms with van der Waals surface area (Å²) in [5.74, 6) is 0.00145. The minimum atomic E-state index is -0.617. The van der Waals surface area contributed by atoms with E-state index in [1.165, 1.54) is 12.1 Å². The van der Waals surface area contributed by atoms with Crippen LogP contribution in [-0.2, 0) is 11.3 Å². The Morgan fingerprint density at radius 3 is 2.94 bits per heavy atom. The fourth-order valence-electron chi connectivity index (χ4n) is 1.23. The number of nitrogens with zero attached hydrogens (tertiary/aromatic N) is 2. The molecule has 2 aromatic heterocycles. The third kappa shape index (κ3) is 2.72. The minimum absolute atomic E-state index is 0.0259. The van der Waals surface area contributed by atoms with Gasteiger partial charge in [0, 0.05) is 12.1 Å². The van der Waals surface area contributed by atoms with E-state index in [1.54, 1.807) is 13.0 Å². The molecule has 0 aliphatic rings. The van der Waals surface area contributed by atoms with E-state index in [-0.39, 0.29) is 16.5 Å². The molecule has 8 heteroatoms. The minimum Gasteiger partial charge on any atom is -0.455 e. The van der Waals surface area contributed by atoms with Crippen LogP contribution in [0.3, 0.4) is 0 Å². The van der Waals surface area contributed by atoms with Crippen LogP contribution < -0.4 is 0 Å². The summed E-state index contributed by atoms with van der Waals surface area (Å²) < 4.78 is 9.76. The monoisotopic (exact) mass is 268 g/mol. The van der Waals surface area contributed by atoms with Crippen molar-refractivity contribution >= 4 is 22.3 Å². The number of aromatic nitrogens is 1. The molecule has 0 unspecified atom stereocenters. The number of thiophene rings is 1. The van der Waals surface area contributed by atoms with Crippen LogP contribution in [0.5, 0.6) is 0 Å². The van der Waals surface area contributed by atoms with Crippen LogP contribution in [-0.4, -0.2) is 16.0 Å². The Balaban J connectivity index is 1.97. The van der Waals surface area contributed by atoms with Crippen LogP contribution in [0.2, 0.25) is 0 Å². The third-order valence-electron chi connectivity index (χ3n) is 2.00. The topological polar surface area (TPSA) is 95.5 Å². The van der Waals surface area contributed by atoms with Gasteiger partial charge in [0.05, 0.1) is 4.92 Å². The number of ether oxygens (including phenoxy) is 1. The fraction of sp³-hybridized carbons (Fsp3) is 0.200. The lowest BCUT2D eigenvalue weighted by Gasteiger charge is -1.98. The van der Waals surface area contributed by atoms with Crippen LogP contribution >= 0.6 is 11.3 Å². The second-order valence-electron chi connectivity index (χ2n) is 3.40. The Kier molecular flexibility index (Phi) is 3.38. The van der Waals surface area contributed by atoms with E-state index in [9.17, 15) is 14.9 Å². The Morgan fingerprint density at radius 2 is 2.39 bits per heavy atom. The highest BCUT2D eigenvalue weighted by molar-refractivity contribution is 7.17. The maximum absolute atomic E-state index is 11.6. The SMILES string of the molecule is Cc1cc(COC(=O)c2ccc([N+](=O)[O-])s2)no1. The summed E-state index contributed by atoms with van der Waals surface area (Å²) in [4.78, 5) is 21.7. The van der Waals surface area contributed by atoms with E-state index in [0.29, 0.717) is 11.5 Å². The summed E-state index contributed by atoms with van der Waals surface area (Å²) in [6, 6.07) is 4.27. The molecule has 18 heavy (non-hydrogen) atoms. The summed E-state index contributed by atoms with van der Waals surface area (Å²) in [5, 5.41) is 14.0. The Hall–Kier alpha value is -2.22. The summed E-state index contributed by atoms with van der Waals surface area (Å²) in [5.41, 5.74) is 0.493. The lowest BCUT2D eigenvalue weighted by Crippen LogP contribution is -2.03. The molecule has 0 fully saturated rings.